The monoisotopic (exact) mass is 193 g/mol. The summed E-state index contributed by atoms with van der Waals surface area (Å²) < 4.78 is 7.64. The molecule has 1 aliphatic heterocycles. The van der Waals surface area contributed by atoms with Crippen molar-refractivity contribution in [1.29, 1.82) is 0 Å². The molecular formula is C11H15NO2. The van der Waals surface area contributed by atoms with Gasteiger partial charge in [0.25, 0.3) is 0 Å². The van der Waals surface area contributed by atoms with Crippen LogP contribution in [-0.4, -0.2) is 23.1 Å². The summed E-state index contributed by atoms with van der Waals surface area (Å²) >= 11 is 0. The smallest absolute Gasteiger partial charge is 0.166 e. The molecular weight excluding hydrogens is 178 g/mol. The van der Waals surface area contributed by atoms with Gasteiger partial charge in [-0.3, -0.25) is 4.79 Å². The summed E-state index contributed by atoms with van der Waals surface area (Å²) in [6.45, 7) is 4.86. The van der Waals surface area contributed by atoms with Gasteiger partial charge in [-0.05, 0) is 32.4 Å². The molecule has 1 atom stereocenters. The van der Waals surface area contributed by atoms with Gasteiger partial charge in [0.1, 0.15) is 0 Å². The molecule has 0 aliphatic carbocycles. The van der Waals surface area contributed by atoms with E-state index in [0.29, 0.717) is 12.6 Å². The number of carbonyl (C=O) groups is 1. The molecule has 0 amide bonds. The number of ether oxygens (including phenoxy) is 1. The maximum atomic E-state index is 10.7. The fourth-order valence-electron chi connectivity index (χ4n) is 2.02. The molecule has 1 fully saturated rings. The molecule has 1 saturated heterocycles. The molecule has 0 radical (unpaired) electrons. The SMILES string of the molecule is CC1(C)CC(n2cccc2C=O)CO1. The second-order valence-corrected chi connectivity index (χ2v) is 4.39. The highest BCUT2D eigenvalue weighted by Gasteiger charge is 2.33. The molecule has 2 heterocycles. The van der Waals surface area contributed by atoms with Crippen LogP contribution in [0.2, 0.25) is 0 Å². The van der Waals surface area contributed by atoms with Gasteiger partial charge in [-0.2, -0.15) is 0 Å². The Morgan fingerprint density at radius 1 is 1.64 bits per heavy atom. The van der Waals surface area contributed by atoms with E-state index in [2.05, 4.69) is 13.8 Å². The van der Waals surface area contributed by atoms with Crippen molar-refractivity contribution in [2.45, 2.75) is 31.9 Å². The van der Waals surface area contributed by atoms with Gasteiger partial charge < -0.3 is 9.30 Å². The van der Waals surface area contributed by atoms with Crippen LogP contribution in [0, 0.1) is 0 Å². The van der Waals surface area contributed by atoms with Crippen molar-refractivity contribution in [1.82, 2.24) is 4.57 Å². The number of aldehydes is 1. The van der Waals surface area contributed by atoms with E-state index >= 15 is 0 Å². The third kappa shape index (κ3) is 1.60. The lowest BCUT2D eigenvalue weighted by molar-refractivity contribution is 0.0352. The zero-order chi connectivity index (χ0) is 10.2. The van der Waals surface area contributed by atoms with Crippen LogP contribution in [0.1, 0.15) is 36.8 Å². The second-order valence-electron chi connectivity index (χ2n) is 4.39. The molecule has 2 rings (SSSR count). The third-order valence-corrected chi connectivity index (χ3v) is 2.72. The Balaban J connectivity index is 2.21. The van der Waals surface area contributed by atoms with Crippen molar-refractivity contribution in [3.05, 3.63) is 24.0 Å². The minimum absolute atomic E-state index is 0.0604. The van der Waals surface area contributed by atoms with Crippen LogP contribution in [0.3, 0.4) is 0 Å². The van der Waals surface area contributed by atoms with E-state index in [-0.39, 0.29) is 5.60 Å². The summed E-state index contributed by atoms with van der Waals surface area (Å²) in [5.74, 6) is 0. The zero-order valence-corrected chi connectivity index (χ0v) is 8.56. The Hall–Kier alpha value is -1.09. The van der Waals surface area contributed by atoms with Gasteiger partial charge in [0.2, 0.25) is 0 Å². The third-order valence-electron chi connectivity index (χ3n) is 2.72. The molecule has 3 nitrogen and oxygen atoms in total. The van der Waals surface area contributed by atoms with Gasteiger partial charge in [0.05, 0.1) is 23.9 Å². The second kappa shape index (κ2) is 3.24. The zero-order valence-electron chi connectivity index (χ0n) is 8.56. The maximum absolute atomic E-state index is 10.7. The van der Waals surface area contributed by atoms with Gasteiger partial charge in [-0.15, -0.1) is 0 Å². The van der Waals surface area contributed by atoms with Crippen LogP contribution >= 0.6 is 0 Å². The van der Waals surface area contributed by atoms with Crippen molar-refractivity contribution in [3.63, 3.8) is 0 Å². The van der Waals surface area contributed by atoms with E-state index in [4.69, 9.17) is 4.74 Å². The topological polar surface area (TPSA) is 31.2 Å². The van der Waals surface area contributed by atoms with E-state index in [9.17, 15) is 4.79 Å². The summed E-state index contributed by atoms with van der Waals surface area (Å²) in [6.07, 6.45) is 3.80. The predicted molar refractivity (Wildman–Crippen MR) is 53.5 cm³/mol. The molecule has 1 unspecified atom stereocenters. The average molecular weight is 193 g/mol. The average Bonchev–Trinajstić information content (AvgIpc) is 2.70. The van der Waals surface area contributed by atoms with Crippen molar-refractivity contribution in [2.24, 2.45) is 0 Å². The quantitative estimate of drug-likeness (QED) is 0.673. The predicted octanol–water partition coefficient (Wildman–Crippen LogP) is 2.04. The highest BCUT2D eigenvalue weighted by atomic mass is 16.5. The van der Waals surface area contributed by atoms with Gasteiger partial charge in [-0.1, -0.05) is 0 Å². The summed E-state index contributed by atoms with van der Waals surface area (Å²) in [4.78, 5) is 10.7. The summed E-state index contributed by atoms with van der Waals surface area (Å²) in [5.41, 5.74) is 0.672. The summed E-state index contributed by atoms with van der Waals surface area (Å²) in [5, 5.41) is 0. The van der Waals surface area contributed by atoms with Crippen LogP contribution in [0.15, 0.2) is 18.3 Å². The molecule has 0 saturated carbocycles. The van der Waals surface area contributed by atoms with Crippen molar-refractivity contribution >= 4 is 6.29 Å². The molecule has 0 bridgehead atoms. The standard InChI is InChI=1S/C11H15NO2/c1-11(2)6-10(8-14-11)12-5-3-4-9(12)7-13/h3-5,7,10H,6,8H2,1-2H3. The van der Waals surface area contributed by atoms with Gasteiger partial charge in [0, 0.05) is 6.20 Å². The van der Waals surface area contributed by atoms with Crippen LogP contribution in [0.25, 0.3) is 0 Å². The highest BCUT2D eigenvalue weighted by molar-refractivity contribution is 5.72. The van der Waals surface area contributed by atoms with Crippen LogP contribution < -0.4 is 0 Å². The Morgan fingerprint density at radius 2 is 2.43 bits per heavy atom. The lowest BCUT2D eigenvalue weighted by Crippen LogP contribution is -2.17. The number of carbonyl (C=O) groups excluding carboxylic acids is 1. The fourth-order valence-corrected chi connectivity index (χ4v) is 2.02. The molecule has 0 N–H and O–H groups in total. The normalized spacial score (nSPS) is 25.1. The van der Waals surface area contributed by atoms with E-state index in [0.717, 1.165) is 18.4 Å². The lowest BCUT2D eigenvalue weighted by atomic mass is 10.0. The number of hydrogen-bond acceptors (Lipinski definition) is 2. The molecule has 3 heteroatoms. The number of aromatic nitrogens is 1. The van der Waals surface area contributed by atoms with Crippen molar-refractivity contribution in [3.8, 4) is 0 Å². The Bertz CT molecular complexity index is 341. The lowest BCUT2D eigenvalue weighted by Gasteiger charge is -2.16. The molecule has 76 valence electrons. The van der Waals surface area contributed by atoms with Gasteiger partial charge >= 0.3 is 0 Å². The minimum atomic E-state index is -0.0604. The largest absolute Gasteiger partial charge is 0.373 e. The number of hydrogen-bond donors (Lipinski definition) is 0. The van der Waals surface area contributed by atoms with E-state index in [1.54, 1.807) is 0 Å². The fraction of sp³-hybridized carbons (Fsp3) is 0.545. The first-order valence-electron chi connectivity index (χ1n) is 4.88. The molecule has 14 heavy (non-hydrogen) atoms. The summed E-state index contributed by atoms with van der Waals surface area (Å²) in [7, 11) is 0. The Morgan fingerprint density at radius 3 is 3.00 bits per heavy atom. The van der Waals surface area contributed by atoms with Crippen molar-refractivity contribution in [2.75, 3.05) is 6.61 Å². The maximum Gasteiger partial charge on any atom is 0.166 e. The molecule has 1 aromatic rings. The molecule has 0 spiro atoms. The van der Waals surface area contributed by atoms with E-state index < -0.39 is 0 Å². The number of rotatable bonds is 2. The van der Waals surface area contributed by atoms with E-state index in [1.807, 2.05) is 22.9 Å². The van der Waals surface area contributed by atoms with Crippen LogP contribution in [0.5, 0.6) is 0 Å². The first kappa shape index (κ1) is 9.46. The Labute approximate surface area is 83.7 Å². The minimum Gasteiger partial charge on any atom is -0.373 e. The van der Waals surface area contributed by atoms with Gasteiger partial charge in [-0.25, -0.2) is 0 Å². The van der Waals surface area contributed by atoms with Crippen LogP contribution in [0.4, 0.5) is 0 Å². The molecule has 0 aromatic carbocycles. The first-order valence-corrected chi connectivity index (χ1v) is 4.88. The van der Waals surface area contributed by atoms with Gasteiger partial charge in [0.15, 0.2) is 6.29 Å². The van der Waals surface area contributed by atoms with Crippen LogP contribution in [-0.2, 0) is 4.74 Å². The van der Waals surface area contributed by atoms with E-state index in [1.165, 1.54) is 0 Å². The number of nitrogens with zero attached hydrogens (tertiary/aromatic N) is 1. The Kier molecular flexibility index (Phi) is 2.19. The molecule has 1 aliphatic rings. The molecule has 1 aromatic heterocycles. The van der Waals surface area contributed by atoms with Crippen molar-refractivity contribution < 1.29 is 9.53 Å². The first-order chi connectivity index (χ1) is 6.62. The highest BCUT2D eigenvalue weighted by Crippen LogP contribution is 2.32. The summed E-state index contributed by atoms with van der Waals surface area (Å²) in [6, 6.07) is 4.04.